The number of hydrogen-bond donors (Lipinski definition) is 0. The number of terminal acetylenes is 1. The topological polar surface area (TPSA) is 33.5 Å². The fourth-order valence-electron chi connectivity index (χ4n) is 1.87. The average Bonchev–Trinajstić information content (AvgIpc) is 2.85. The zero-order valence-electron chi connectivity index (χ0n) is 11.3. The van der Waals surface area contributed by atoms with E-state index < -0.39 is 0 Å². The maximum absolute atomic E-state index is 12.1. The molecule has 1 aromatic heterocycles. The smallest absolute Gasteiger partial charge is 0.223 e. The number of hydrogen-bond acceptors (Lipinski definition) is 2. The maximum Gasteiger partial charge on any atom is 0.223 e. The predicted octanol–water partition coefficient (Wildman–Crippen LogP) is 2.89. The summed E-state index contributed by atoms with van der Waals surface area (Å²) >= 11 is 0. The second-order valence-corrected chi connectivity index (χ2v) is 4.84. The van der Waals surface area contributed by atoms with Crippen LogP contribution in [0.25, 0.3) is 0 Å². The van der Waals surface area contributed by atoms with Gasteiger partial charge >= 0.3 is 0 Å². The van der Waals surface area contributed by atoms with Crippen LogP contribution in [0, 0.1) is 18.3 Å². The van der Waals surface area contributed by atoms with Crippen molar-refractivity contribution in [3.05, 3.63) is 24.2 Å². The first kappa shape index (κ1) is 14.4. The Labute approximate surface area is 109 Å². The molecule has 1 atom stereocenters. The van der Waals surface area contributed by atoms with Crippen LogP contribution in [0.5, 0.6) is 0 Å². The van der Waals surface area contributed by atoms with Gasteiger partial charge in [0.25, 0.3) is 0 Å². The Morgan fingerprint density at radius 3 is 2.78 bits per heavy atom. The first-order chi connectivity index (χ1) is 8.56. The van der Waals surface area contributed by atoms with Crippen LogP contribution >= 0.6 is 0 Å². The lowest BCUT2D eigenvalue weighted by molar-refractivity contribution is -0.130. The average molecular weight is 247 g/mol. The summed E-state index contributed by atoms with van der Waals surface area (Å²) in [6, 6.07) is 3.79. The van der Waals surface area contributed by atoms with Crippen molar-refractivity contribution in [2.75, 3.05) is 13.6 Å². The van der Waals surface area contributed by atoms with E-state index in [1.165, 1.54) is 0 Å². The van der Waals surface area contributed by atoms with E-state index in [1.807, 2.05) is 12.1 Å². The highest BCUT2D eigenvalue weighted by Crippen LogP contribution is 2.28. The Morgan fingerprint density at radius 1 is 1.56 bits per heavy atom. The van der Waals surface area contributed by atoms with Crippen molar-refractivity contribution in [3.8, 4) is 12.3 Å². The molecule has 0 saturated heterocycles. The highest BCUT2D eigenvalue weighted by Gasteiger charge is 2.23. The molecule has 0 aliphatic heterocycles. The number of rotatable bonds is 6. The SMILES string of the molecule is C#CCCN(C)C(=O)CC(c1ccco1)C(C)C. The van der Waals surface area contributed by atoms with Crippen molar-refractivity contribution in [1.82, 2.24) is 4.90 Å². The van der Waals surface area contributed by atoms with Crippen molar-refractivity contribution in [2.24, 2.45) is 5.92 Å². The van der Waals surface area contributed by atoms with Gasteiger partial charge in [0, 0.05) is 32.4 Å². The number of furan rings is 1. The molecule has 1 unspecified atom stereocenters. The van der Waals surface area contributed by atoms with E-state index >= 15 is 0 Å². The second-order valence-electron chi connectivity index (χ2n) is 4.84. The molecule has 1 rings (SSSR count). The Hall–Kier alpha value is -1.69. The molecule has 0 bridgehead atoms. The Balaban J connectivity index is 2.62. The minimum absolute atomic E-state index is 0.111. The molecule has 1 aromatic rings. The molecular weight excluding hydrogens is 226 g/mol. The molecular formula is C15H21NO2. The summed E-state index contributed by atoms with van der Waals surface area (Å²) in [5, 5.41) is 0. The third-order valence-electron chi connectivity index (χ3n) is 3.13. The van der Waals surface area contributed by atoms with Gasteiger partial charge in [0.2, 0.25) is 5.91 Å². The van der Waals surface area contributed by atoms with E-state index in [2.05, 4.69) is 19.8 Å². The first-order valence-corrected chi connectivity index (χ1v) is 6.27. The Bertz CT molecular complexity index is 401. The fourth-order valence-corrected chi connectivity index (χ4v) is 1.87. The lowest BCUT2D eigenvalue weighted by Crippen LogP contribution is -2.29. The minimum atomic E-state index is 0.111. The summed E-state index contributed by atoms with van der Waals surface area (Å²) < 4.78 is 5.42. The molecule has 3 heteroatoms. The van der Waals surface area contributed by atoms with Gasteiger partial charge in [0.15, 0.2) is 0 Å². The minimum Gasteiger partial charge on any atom is -0.469 e. The summed E-state index contributed by atoms with van der Waals surface area (Å²) in [5.41, 5.74) is 0. The quantitative estimate of drug-likeness (QED) is 0.724. The molecule has 0 N–H and O–H groups in total. The van der Waals surface area contributed by atoms with Crippen LogP contribution < -0.4 is 0 Å². The number of carbonyl (C=O) groups is 1. The van der Waals surface area contributed by atoms with Gasteiger partial charge in [-0.3, -0.25) is 4.79 Å². The molecule has 1 amide bonds. The van der Waals surface area contributed by atoms with Gasteiger partial charge < -0.3 is 9.32 Å². The summed E-state index contributed by atoms with van der Waals surface area (Å²) in [4.78, 5) is 13.8. The molecule has 0 saturated carbocycles. The molecule has 98 valence electrons. The van der Waals surface area contributed by atoms with Crippen molar-refractivity contribution in [2.45, 2.75) is 32.6 Å². The lowest BCUT2D eigenvalue weighted by atomic mass is 9.89. The van der Waals surface area contributed by atoms with Crippen molar-refractivity contribution >= 4 is 5.91 Å². The lowest BCUT2D eigenvalue weighted by Gasteiger charge is -2.22. The summed E-state index contributed by atoms with van der Waals surface area (Å²) in [5.74, 6) is 4.02. The highest BCUT2D eigenvalue weighted by molar-refractivity contribution is 5.76. The molecule has 18 heavy (non-hydrogen) atoms. The molecule has 0 radical (unpaired) electrons. The fraction of sp³-hybridized carbons (Fsp3) is 0.533. The Kier molecular flexibility index (Phi) is 5.51. The van der Waals surface area contributed by atoms with E-state index in [9.17, 15) is 4.79 Å². The molecule has 3 nitrogen and oxygen atoms in total. The van der Waals surface area contributed by atoms with E-state index in [0.717, 1.165) is 5.76 Å². The molecule has 0 aliphatic carbocycles. The van der Waals surface area contributed by atoms with Crippen molar-refractivity contribution in [1.29, 1.82) is 0 Å². The Morgan fingerprint density at radius 2 is 2.28 bits per heavy atom. The van der Waals surface area contributed by atoms with E-state index in [4.69, 9.17) is 10.8 Å². The third kappa shape index (κ3) is 3.96. The second kappa shape index (κ2) is 6.90. The van der Waals surface area contributed by atoms with Crippen molar-refractivity contribution < 1.29 is 9.21 Å². The normalized spacial score (nSPS) is 12.2. The van der Waals surface area contributed by atoms with Crippen LogP contribution in [0.15, 0.2) is 22.8 Å². The largest absolute Gasteiger partial charge is 0.469 e. The summed E-state index contributed by atoms with van der Waals surface area (Å²) in [7, 11) is 1.79. The molecule has 1 heterocycles. The zero-order valence-corrected chi connectivity index (χ0v) is 11.3. The summed E-state index contributed by atoms with van der Waals surface area (Å²) in [6.45, 7) is 4.81. The molecule has 0 aromatic carbocycles. The highest BCUT2D eigenvalue weighted by atomic mass is 16.3. The first-order valence-electron chi connectivity index (χ1n) is 6.27. The van der Waals surface area contributed by atoms with Crippen LogP contribution in [0.3, 0.4) is 0 Å². The van der Waals surface area contributed by atoms with Gasteiger partial charge in [0.05, 0.1) is 6.26 Å². The van der Waals surface area contributed by atoms with Crippen LogP contribution in [-0.2, 0) is 4.79 Å². The van der Waals surface area contributed by atoms with Crippen LogP contribution in [0.4, 0.5) is 0 Å². The molecule has 0 aliphatic rings. The van der Waals surface area contributed by atoms with Gasteiger partial charge in [-0.05, 0) is 18.1 Å². The van der Waals surface area contributed by atoms with Crippen LogP contribution in [0.1, 0.15) is 38.4 Å². The molecule has 0 spiro atoms. The van der Waals surface area contributed by atoms with E-state index in [0.29, 0.717) is 25.3 Å². The predicted molar refractivity (Wildman–Crippen MR) is 72.0 cm³/mol. The van der Waals surface area contributed by atoms with E-state index in [1.54, 1.807) is 18.2 Å². The van der Waals surface area contributed by atoms with Gasteiger partial charge in [-0.2, -0.15) is 0 Å². The maximum atomic E-state index is 12.1. The standard InChI is InChI=1S/C15H21NO2/c1-5-6-9-16(4)15(17)11-13(12(2)3)14-8-7-10-18-14/h1,7-8,10,12-13H,6,9,11H2,2-4H3. The van der Waals surface area contributed by atoms with Crippen LogP contribution in [-0.4, -0.2) is 24.4 Å². The number of carbonyl (C=O) groups excluding carboxylic acids is 1. The van der Waals surface area contributed by atoms with Crippen LogP contribution in [0.2, 0.25) is 0 Å². The molecule has 0 fully saturated rings. The van der Waals surface area contributed by atoms with Gasteiger partial charge in [-0.15, -0.1) is 12.3 Å². The van der Waals surface area contributed by atoms with Crippen molar-refractivity contribution in [3.63, 3.8) is 0 Å². The number of amides is 1. The monoisotopic (exact) mass is 247 g/mol. The summed E-state index contributed by atoms with van der Waals surface area (Å²) in [6.07, 6.45) is 7.91. The number of nitrogens with zero attached hydrogens (tertiary/aromatic N) is 1. The zero-order chi connectivity index (χ0) is 13.5. The van der Waals surface area contributed by atoms with Gasteiger partial charge in [0.1, 0.15) is 5.76 Å². The van der Waals surface area contributed by atoms with Gasteiger partial charge in [-0.25, -0.2) is 0 Å². The van der Waals surface area contributed by atoms with E-state index in [-0.39, 0.29) is 11.8 Å². The van der Waals surface area contributed by atoms with Gasteiger partial charge in [-0.1, -0.05) is 13.8 Å². The third-order valence-corrected chi connectivity index (χ3v) is 3.13.